The van der Waals surface area contributed by atoms with E-state index in [-0.39, 0.29) is 35.8 Å². The number of aromatic amines is 1. The van der Waals surface area contributed by atoms with Gasteiger partial charge in [-0.2, -0.15) is 0 Å². The van der Waals surface area contributed by atoms with E-state index in [1.807, 2.05) is 0 Å². The fourth-order valence-electron chi connectivity index (χ4n) is 1.95. The van der Waals surface area contributed by atoms with Crippen LogP contribution in [0.5, 0.6) is 0 Å². The summed E-state index contributed by atoms with van der Waals surface area (Å²) in [4.78, 5) is 15.5. The van der Waals surface area contributed by atoms with E-state index in [0.717, 1.165) is 0 Å². The third-order valence-corrected chi connectivity index (χ3v) is 2.94. The van der Waals surface area contributed by atoms with Crippen LogP contribution in [0.1, 0.15) is 22.1 Å². The number of hydrogen-bond donors (Lipinski definition) is 2. The minimum atomic E-state index is -2.42. The maximum Gasteiger partial charge on any atom is 0.407 e. The fourth-order valence-corrected chi connectivity index (χ4v) is 1.95. The first-order chi connectivity index (χ1) is 13.3. The monoisotopic (exact) mass is 295 g/mol. The maximum atomic E-state index is 11.4. The molecule has 0 spiro atoms. The molecule has 0 bridgehead atoms. The van der Waals surface area contributed by atoms with Crippen molar-refractivity contribution in [3.05, 3.63) is 35.4 Å². The summed E-state index contributed by atoms with van der Waals surface area (Å²) in [6.45, 7) is -0.406. The van der Waals surface area contributed by atoms with Crippen molar-refractivity contribution < 1.29 is 20.5 Å². The van der Waals surface area contributed by atoms with Crippen LogP contribution in [-0.4, -0.2) is 49.3 Å². The molecule has 1 fully saturated rings. The molecular weight excluding hydrogens is 266 g/mol. The lowest BCUT2D eigenvalue weighted by atomic mass is 10.0. The van der Waals surface area contributed by atoms with Crippen LogP contribution >= 0.6 is 0 Å². The fraction of sp³-hybridized carbons (Fsp3) is 0.438. The number of likely N-dealkylation sites (N-methyl/N-ethyl adjacent to an activating group) is 1. The number of alkyl carbamates (subject to hydrolysis) is 1. The van der Waals surface area contributed by atoms with Crippen LogP contribution in [0.25, 0.3) is 10.9 Å². The topological polar surface area (TPSA) is 57.4 Å². The first-order valence-electron chi connectivity index (χ1n) is 10.5. The Kier molecular flexibility index (Phi) is 2.01. The molecule has 2 heterocycles. The van der Waals surface area contributed by atoms with Crippen LogP contribution in [0.4, 0.5) is 4.79 Å². The highest BCUT2D eigenvalue weighted by atomic mass is 16.6. The third-order valence-electron chi connectivity index (χ3n) is 2.94. The van der Waals surface area contributed by atoms with Gasteiger partial charge >= 0.3 is 6.09 Å². The van der Waals surface area contributed by atoms with Crippen molar-refractivity contribution in [1.29, 1.82) is 0 Å². The first kappa shape index (κ1) is 7.31. The van der Waals surface area contributed by atoms with Crippen molar-refractivity contribution in [3.63, 3.8) is 0 Å². The van der Waals surface area contributed by atoms with Gasteiger partial charge in [0.1, 0.15) is 6.61 Å². The minimum absolute atomic E-state index is 0.0612. The predicted molar refractivity (Wildman–Crippen MR) is 82.5 cm³/mol. The average Bonchev–Trinajstić information content (AvgIpc) is 3.16. The zero-order valence-corrected chi connectivity index (χ0v) is 11.8. The van der Waals surface area contributed by atoms with Crippen LogP contribution in [0, 0.1) is 0 Å². The molecule has 1 aromatic heterocycles. The lowest BCUT2D eigenvalue weighted by molar-refractivity contribution is 0.177. The summed E-state index contributed by atoms with van der Waals surface area (Å²) in [5.74, 6) is 0. The number of fused-ring (bicyclic) bond motifs is 1. The number of nitrogens with one attached hydrogen (secondary N) is 2. The van der Waals surface area contributed by atoms with Crippen LogP contribution in [0.3, 0.4) is 0 Å². The van der Waals surface area contributed by atoms with Gasteiger partial charge in [-0.1, -0.05) is 6.04 Å². The standard InChI is InChI=1S/C16H21N3O2/c1-19(2)6-5-12-9-17-15-4-3-11(8-14(12)15)7-13-10-21-16(20)18-13/h3-4,8-9,13,17H,5-7,10H2,1-2H3,(H,18,20)/t13-/m0/s1/i3D,4D,5D2,7D2,8D,9D. The lowest BCUT2D eigenvalue weighted by Crippen LogP contribution is -2.28. The number of hydrogen-bond acceptors (Lipinski definition) is 3. The van der Waals surface area contributed by atoms with E-state index in [1.165, 1.54) is 0 Å². The summed E-state index contributed by atoms with van der Waals surface area (Å²) in [7, 11) is 3.31. The van der Waals surface area contributed by atoms with Gasteiger partial charge in [0.15, 0.2) is 0 Å². The van der Waals surface area contributed by atoms with Gasteiger partial charge in [0.2, 0.25) is 0 Å². The molecule has 112 valence electrons. The maximum absolute atomic E-state index is 11.4. The Balaban J connectivity index is 2.31. The second-order valence-corrected chi connectivity index (χ2v) is 4.98. The average molecular weight is 295 g/mol. The highest BCUT2D eigenvalue weighted by Gasteiger charge is 2.22. The molecule has 0 radical (unpaired) electrons. The smallest absolute Gasteiger partial charge is 0.407 e. The summed E-state index contributed by atoms with van der Waals surface area (Å²) in [5, 5.41) is 2.20. The predicted octanol–water partition coefficient (Wildman–Crippen LogP) is 1.92. The van der Waals surface area contributed by atoms with Gasteiger partial charge in [0, 0.05) is 29.1 Å². The number of rotatable bonds is 5. The van der Waals surface area contributed by atoms with Gasteiger partial charge in [-0.15, -0.1) is 0 Å². The number of cyclic esters (lactones) is 1. The molecule has 0 unspecified atom stereocenters. The Labute approximate surface area is 135 Å². The Morgan fingerprint density at radius 2 is 2.38 bits per heavy atom. The number of carbonyl (C=O) groups is 1. The summed E-state index contributed by atoms with van der Waals surface area (Å²) >= 11 is 0. The Hall–Kier alpha value is -2.01. The molecule has 2 aromatic rings. The number of amides is 1. The van der Waals surface area contributed by atoms with Crippen molar-refractivity contribution in [3.8, 4) is 0 Å². The largest absolute Gasteiger partial charge is 0.447 e. The molecule has 5 nitrogen and oxygen atoms in total. The number of benzene rings is 1. The Morgan fingerprint density at radius 3 is 3.10 bits per heavy atom. The zero-order chi connectivity index (χ0) is 21.9. The van der Waals surface area contributed by atoms with E-state index >= 15 is 0 Å². The van der Waals surface area contributed by atoms with E-state index in [4.69, 9.17) is 15.7 Å². The second kappa shape index (κ2) is 5.77. The molecule has 2 N–H and O–H groups in total. The first-order valence-corrected chi connectivity index (χ1v) is 6.50. The van der Waals surface area contributed by atoms with Gasteiger partial charge in [-0.05, 0) is 50.1 Å². The molecule has 1 amide bonds. The Bertz CT molecular complexity index is 989. The normalized spacial score (nSPS) is 25.1. The molecule has 1 aromatic carbocycles. The van der Waals surface area contributed by atoms with Crippen molar-refractivity contribution in [2.24, 2.45) is 0 Å². The van der Waals surface area contributed by atoms with E-state index in [9.17, 15) is 4.79 Å². The van der Waals surface area contributed by atoms with Gasteiger partial charge in [-0.3, -0.25) is 0 Å². The van der Waals surface area contributed by atoms with Crippen molar-refractivity contribution >= 4 is 17.0 Å². The molecule has 0 aliphatic carbocycles. The van der Waals surface area contributed by atoms with Gasteiger partial charge in [0.25, 0.3) is 0 Å². The number of aromatic nitrogens is 1. The number of H-pyrrole nitrogens is 1. The highest BCUT2D eigenvalue weighted by Crippen LogP contribution is 2.21. The number of ether oxygens (including phenoxy) is 1. The SMILES string of the molecule is [2H]c1[nH]c2c([2H])c([2H])c(C([2H])([2H])[C@H]3COC(=O)N3)c([2H])c2c1C([2H])([2H])CN(C)C. The quantitative estimate of drug-likeness (QED) is 0.886. The van der Waals surface area contributed by atoms with Crippen molar-refractivity contribution in [1.82, 2.24) is 15.2 Å². The molecule has 3 rings (SSSR count). The van der Waals surface area contributed by atoms with Crippen molar-refractivity contribution in [2.75, 3.05) is 27.2 Å². The van der Waals surface area contributed by atoms with E-state index in [1.54, 1.807) is 19.0 Å². The third kappa shape index (κ3) is 3.19. The van der Waals surface area contributed by atoms with Crippen LogP contribution in [0.15, 0.2) is 24.3 Å². The molecular formula is C16H21N3O2. The lowest BCUT2D eigenvalue weighted by Gasteiger charge is -2.09. The van der Waals surface area contributed by atoms with E-state index in [2.05, 4.69) is 10.3 Å². The number of nitrogens with zero attached hydrogens (tertiary/aromatic N) is 1. The van der Waals surface area contributed by atoms with Gasteiger partial charge in [-0.25, -0.2) is 4.79 Å². The summed E-state index contributed by atoms with van der Waals surface area (Å²) in [5.41, 5.74) is -0.677. The van der Waals surface area contributed by atoms with Crippen molar-refractivity contribution in [2.45, 2.75) is 18.8 Å². The molecule has 1 aliphatic rings. The van der Waals surface area contributed by atoms with Crippen LogP contribution in [0.2, 0.25) is 0 Å². The minimum Gasteiger partial charge on any atom is -0.447 e. The van der Waals surface area contributed by atoms with Crippen LogP contribution < -0.4 is 5.32 Å². The van der Waals surface area contributed by atoms with Gasteiger partial charge in [0.05, 0.1) is 11.5 Å². The molecule has 1 aliphatic heterocycles. The number of carbonyl (C=O) groups excluding carboxylic acids is 1. The molecule has 0 saturated carbocycles. The molecule has 1 saturated heterocycles. The second-order valence-electron chi connectivity index (χ2n) is 4.98. The van der Waals surface area contributed by atoms with E-state index in [0.29, 0.717) is 0 Å². The van der Waals surface area contributed by atoms with Crippen LogP contribution in [-0.2, 0) is 17.5 Å². The zero-order valence-electron chi connectivity index (χ0n) is 19.8. The Morgan fingerprint density at radius 1 is 1.52 bits per heavy atom. The van der Waals surface area contributed by atoms with Gasteiger partial charge < -0.3 is 19.9 Å². The molecule has 5 heteroatoms. The summed E-state index contributed by atoms with van der Waals surface area (Å²) < 4.78 is 71.7. The molecule has 1 atom stereocenters. The summed E-state index contributed by atoms with van der Waals surface area (Å²) in [6.07, 6.45) is -5.64. The van der Waals surface area contributed by atoms with E-state index < -0.39 is 48.6 Å². The summed E-state index contributed by atoms with van der Waals surface area (Å²) in [6, 6.07) is -2.66. The molecule has 21 heavy (non-hydrogen) atoms. The highest BCUT2D eigenvalue weighted by molar-refractivity contribution is 5.84.